The molecule has 0 bridgehead atoms. The molecule has 5 nitrogen and oxygen atoms in total. The molecular weight excluding hydrogens is 366 g/mol. The molecule has 0 atom stereocenters. The molecule has 0 fully saturated rings. The van der Waals surface area contributed by atoms with Crippen molar-refractivity contribution in [3.63, 3.8) is 0 Å². The second-order valence-corrected chi connectivity index (χ2v) is 5.73. The van der Waals surface area contributed by atoms with Crippen molar-refractivity contribution in [3.05, 3.63) is 53.1 Å². The molecule has 0 radical (unpaired) electrons. The highest BCUT2D eigenvalue weighted by atomic mass is 35.5. The van der Waals surface area contributed by atoms with E-state index in [1.807, 2.05) is 0 Å². The summed E-state index contributed by atoms with van der Waals surface area (Å²) >= 11 is 6.02. The van der Waals surface area contributed by atoms with Crippen molar-refractivity contribution < 1.29 is 23.0 Å². The molecule has 26 heavy (non-hydrogen) atoms. The summed E-state index contributed by atoms with van der Waals surface area (Å²) < 4.78 is 33.5. The standard InChI is InChI=1S/C18H19ClF2N2O3/c1-25-16-7-4-13(10-15(16)19)23-11-17(24)22-9-8-12-2-5-14(6-3-12)26-18(20)21/h2-7,10,18,23H,8-9,11H2,1H3,(H,22,24). The number of amides is 1. The Bertz CT molecular complexity index is 727. The van der Waals surface area contributed by atoms with Crippen molar-refractivity contribution in [1.82, 2.24) is 5.32 Å². The average molecular weight is 385 g/mol. The fraction of sp³-hybridized carbons (Fsp3) is 0.278. The third kappa shape index (κ3) is 6.40. The maximum Gasteiger partial charge on any atom is 0.387 e. The van der Waals surface area contributed by atoms with Gasteiger partial charge in [0.1, 0.15) is 11.5 Å². The molecule has 0 aromatic heterocycles. The van der Waals surface area contributed by atoms with E-state index in [1.165, 1.54) is 19.2 Å². The van der Waals surface area contributed by atoms with Gasteiger partial charge in [-0.05, 0) is 42.3 Å². The molecule has 2 N–H and O–H groups in total. The molecule has 0 aliphatic heterocycles. The van der Waals surface area contributed by atoms with Crippen molar-refractivity contribution in [2.45, 2.75) is 13.0 Å². The predicted octanol–water partition coefficient (Wildman–Crippen LogP) is 3.72. The number of ether oxygens (including phenoxy) is 2. The Balaban J connectivity index is 1.71. The lowest BCUT2D eigenvalue weighted by Crippen LogP contribution is -2.31. The number of carbonyl (C=O) groups is 1. The highest BCUT2D eigenvalue weighted by Crippen LogP contribution is 2.26. The van der Waals surface area contributed by atoms with Gasteiger partial charge < -0.3 is 20.1 Å². The fourth-order valence-corrected chi connectivity index (χ4v) is 2.46. The number of hydrogen-bond acceptors (Lipinski definition) is 4. The van der Waals surface area contributed by atoms with Crippen molar-refractivity contribution in [2.75, 3.05) is 25.5 Å². The normalized spacial score (nSPS) is 10.5. The van der Waals surface area contributed by atoms with Crippen LogP contribution in [0, 0.1) is 0 Å². The predicted molar refractivity (Wildman–Crippen MR) is 96.3 cm³/mol. The van der Waals surface area contributed by atoms with Gasteiger partial charge in [0.2, 0.25) is 5.91 Å². The maximum absolute atomic E-state index is 12.1. The van der Waals surface area contributed by atoms with Gasteiger partial charge in [-0.3, -0.25) is 4.79 Å². The molecule has 0 aliphatic rings. The third-order valence-electron chi connectivity index (χ3n) is 3.49. The zero-order valence-electron chi connectivity index (χ0n) is 14.1. The first kappa shape index (κ1) is 19.8. The first-order chi connectivity index (χ1) is 12.5. The lowest BCUT2D eigenvalue weighted by atomic mass is 10.1. The summed E-state index contributed by atoms with van der Waals surface area (Å²) in [5, 5.41) is 6.20. The summed E-state index contributed by atoms with van der Waals surface area (Å²) in [5.74, 6) is 0.497. The minimum atomic E-state index is -2.84. The second-order valence-electron chi connectivity index (χ2n) is 5.33. The number of alkyl halides is 2. The van der Waals surface area contributed by atoms with Gasteiger partial charge in [-0.25, -0.2) is 0 Å². The van der Waals surface area contributed by atoms with Crippen molar-refractivity contribution in [1.29, 1.82) is 0 Å². The van der Waals surface area contributed by atoms with Gasteiger partial charge in [0.05, 0.1) is 18.7 Å². The van der Waals surface area contributed by atoms with Crippen LogP contribution in [-0.2, 0) is 11.2 Å². The number of halogens is 3. The molecule has 2 rings (SSSR count). The van der Waals surface area contributed by atoms with E-state index < -0.39 is 6.61 Å². The van der Waals surface area contributed by atoms with Crippen LogP contribution in [0.2, 0.25) is 5.02 Å². The lowest BCUT2D eigenvalue weighted by Gasteiger charge is -2.10. The topological polar surface area (TPSA) is 59.6 Å². The molecular formula is C18H19ClF2N2O3. The van der Waals surface area contributed by atoms with E-state index in [1.54, 1.807) is 30.3 Å². The molecule has 2 aromatic carbocycles. The number of nitrogens with one attached hydrogen (secondary N) is 2. The third-order valence-corrected chi connectivity index (χ3v) is 3.78. The van der Waals surface area contributed by atoms with Crippen LogP contribution in [0.25, 0.3) is 0 Å². The van der Waals surface area contributed by atoms with E-state index in [0.717, 1.165) is 5.56 Å². The number of rotatable bonds is 9. The van der Waals surface area contributed by atoms with Gasteiger partial charge in [0.25, 0.3) is 0 Å². The van der Waals surface area contributed by atoms with Gasteiger partial charge in [-0.2, -0.15) is 8.78 Å². The maximum atomic E-state index is 12.1. The highest BCUT2D eigenvalue weighted by molar-refractivity contribution is 6.32. The molecule has 0 spiro atoms. The quantitative estimate of drug-likeness (QED) is 0.691. The van der Waals surface area contributed by atoms with Gasteiger partial charge in [0, 0.05) is 12.2 Å². The molecule has 8 heteroatoms. The number of benzene rings is 2. The van der Waals surface area contributed by atoms with Gasteiger partial charge in [0.15, 0.2) is 0 Å². The Morgan fingerprint density at radius 1 is 1.19 bits per heavy atom. The number of carbonyl (C=O) groups excluding carboxylic acids is 1. The molecule has 0 unspecified atom stereocenters. The monoisotopic (exact) mass is 384 g/mol. The highest BCUT2D eigenvalue weighted by Gasteiger charge is 2.06. The average Bonchev–Trinajstić information content (AvgIpc) is 2.61. The molecule has 1 amide bonds. The van der Waals surface area contributed by atoms with Crippen LogP contribution >= 0.6 is 11.6 Å². The minimum Gasteiger partial charge on any atom is -0.495 e. The summed E-state index contributed by atoms with van der Waals surface area (Å²) in [6.07, 6.45) is 0.578. The first-order valence-electron chi connectivity index (χ1n) is 7.86. The molecule has 0 saturated heterocycles. The Morgan fingerprint density at radius 3 is 2.54 bits per heavy atom. The van der Waals surface area contributed by atoms with Gasteiger partial charge in [-0.1, -0.05) is 23.7 Å². The van der Waals surface area contributed by atoms with Crippen LogP contribution in [0.3, 0.4) is 0 Å². The molecule has 0 heterocycles. The molecule has 0 saturated carbocycles. The van der Waals surface area contributed by atoms with Crippen molar-refractivity contribution in [3.8, 4) is 11.5 Å². The molecule has 0 aliphatic carbocycles. The summed E-state index contributed by atoms with van der Waals surface area (Å²) in [4.78, 5) is 11.9. The Morgan fingerprint density at radius 2 is 1.92 bits per heavy atom. The smallest absolute Gasteiger partial charge is 0.387 e. The van der Waals surface area contributed by atoms with Crippen LogP contribution in [0.4, 0.5) is 14.5 Å². The van der Waals surface area contributed by atoms with E-state index in [4.69, 9.17) is 16.3 Å². The second kappa shape index (κ2) is 9.82. The Hall–Kier alpha value is -2.54. The van der Waals surface area contributed by atoms with Crippen molar-refractivity contribution >= 4 is 23.2 Å². The van der Waals surface area contributed by atoms with Crippen molar-refractivity contribution in [2.24, 2.45) is 0 Å². The zero-order chi connectivity index (χ0) is 18.9. The van der Waals surface area contributed by atoms with Gasteiger partial charge >= 0.3 is 6.61 Å². The van der Waals surface area contributed by atoms with E-state index in [9.17, 15) is 13.6 Å². The summed E-state index contributed by atoms with van der Waals surface area (Å²) in [7, 11) is 1.53. The number of methoxy groups -OCH3 is 1. The number of hydrogen-bond donors (Lipinski definition) is 2. The van der Waals surface area contributed by atoms with E-state index in [0.29, 0.717) is 29.4 Å². The Labute approximate surface area is 155 Å². The largest absolute Gasteiger partial charge is 0.495 e. The van der Waals surface area contributed by atoms with Gasteiger partial charge in [-0.15, -0.1) is 0 Å². The zero-order valence-corrected chi connectivity index (χ0v) is 14.9. The fourth-order valence-electron chi connectivity index (χ4n) is 2.20. The summed E-state index contributed by atoms with van der Waals surface area (Å²) in [6, 6.07) is 11.5. The lowest BCUT2D eigenvalue weighted by molar-refractivity contribution is -0.119. The van der Waals surface area contributed by atoms with E-state index in [-0.39, 0.29) is 18.2 Å². The van der Waals surface area contributed by atoms with Crippen LogP contribution in [0.5, 0.6) is 11.5 Å². The van der Waals surface area contributed by atoms with E-state index >= 15 is 0 Å². The Kier molecular flexibility index (Phi) is 7.47. The molecule has 140 valence electrons. The van der Waals surface area contributed by atoms with Crippen LogP contribution in [0.1, 0.15) is 5.56 Å². The minimum absolute atomic E-state index is 0.101. The van der Waals surface area contributed by atoms with Crippen LogP contribution in [-0.4, -0.2) is 32.7 Å². The summed E-state index contributed by atoms with van der Waals surface area (Å²) in [6.45, 7) is -2.31. The van der Waals surface area contributed by atoms with Crippen LogP contribution in [0.15, 0.2) is 42.5 Å². The molecule has 2 aromatic rings. The number of anilines is 1. The first-order valence-corrected chi connectivity index (χ1v) is 8.23. The SMILES string of the molecule is COc1ccc(NCC(=O)NCCc2ccc(OC(F)F)cc2)cc1Cl. The summed E-state index contributed by atoms with van der Waals surface area (Å²) in [5.41, 5.74) is 1.61. The van der Waals surface area contributed by atoms with E-state index in [2.05, 4.69) is 15.4 Å². The van der Waals surface area contributed by atoms with Crippen LogP contribution < -0.4 is 20.1 Å².